The summed E-state index contributed by atoms with van der Waals surface area (Å²) < 4.78 is 0. The van der Waals surface area contributed by atoms with Gasteiger partial charge in [-0.3, -0.25) is 10.3 Å². The third-order valence-electron chi connectivity index (χ3n) is 3.17. The highest BCUT2D eigenvalue weighted by Crippen LogP contribution is 2.32. The van der Waals surface area contributed by atoms with Crippen LogP contribution in [0.5, 0.6) is 0 Å². The van der Waals surface area contributed by atoms with Gasteiger partial charge in [0.15, 0.2) is 0 Å². The van der Waals surface area contributed by atoms with Crippen molar-refractivity contribution >= 4 is 11.5 Å². The molecule has 3 heterocycles. The summed E-state index contributed by atoms with van der Waals surface area (Å²) in [7, 11) is 3.97. The summed E-state index contributed by atoms with van der Waals surface area (Å²) in [5.74, 6) is 0.926. The minimum atomic E-state index is 0.0997. The molecular weight excluding hydrogens is 226 g/mol. The summed E-state index contributed by atoms with van der Waals surface area (Å²) >= 11 is 0. The molecule has 2 aromatic rings. The summed E-state index contributed by atoms with van der Waals surface area (Å²) in [5, 5.41) is 3.29. The number of amidine groups is 1. The predicted molar refractivity (Wildman–Crippen MR) is 70.8 cm³/mol. The number of aliphatic imine (C=N–C) groups is 1. The Morgan fingerprint density at radius 3 is 3.00 bits per heavy atom. The van der Waals surface area contributed by atoms with E-state index < -0.39 is 0 Å². The van der Waals surface area contributed by atoms with E-state index in [0.717, 1.165) is 22.8 Å². The lowest BCUT2D eigenvalue weighted by molar-refractivity contribution is 0.321. The van der Waals surface area contributed by atoms with Crippen LogP contribution in [0, 0.1) is 0 Å². The average molecular weight is 241 g/mol. The van der Waals surface area contributed by atoms with Crippen LogP contribution in [0.15, 0.2) is 41.8 Å². The largest absolute Gasteiger partial charge is 0.360 e. The van der Waals surface area contributed by atoms with Gasteiger partial charge in [-0.25, -0.2) is 4.99 Å². The molecule has 0 spiro atoms. The van der Waals surface area contributed by atoms with Crippen molar-refractivity contribution in [2.24, 2.45) is 4.99 Å². The number of hydrogen-bond donors (Lipinski definition) is 2. The predicted octanol–water partition coefficient (Wildman–Crippen LogP) is 1.65. The van der Waals surface area contributed by atoms with Crippen molar-refractivity contribution in [2.45, 2.75) is 6.17 Å². The first-order valence-electron chi connectivity index (χ1n) is 5.87. The van der Waals surface area contributed by atoms with E-state index in [1.54, 1.807) is 6.20 Å². The van der Waals surface area contributed by atoms with E-state index in [-0.39, 0.29) is 6.17 Å². The molecule has 5 heteroatoms. The summed E-state index contributed by atoms with van der Waals surface area (Å²) in [6.45, 7) is 0. The van der Waals surface area contributed by atoms with Gasteiger partial charge >= 0.3 is 0 Å². The summed E-state index contributed by atoms with van der Waals surface area (Å²) in [5.41, 5.74) is 3.09. The van der Waals surface area contributed by atoms with Crippen molar-refractivity contribution in [3.8, 4) is 0 Å². The van der Waals surface area contributed by atoms with Crippen molar-refractivity contribution in [3.63, 3.8) is 0 Å². The van der Waals surface area contributed by atoms with E-state index in [9.17, 15) is 0 Å². The Morgan fingerprint density at radius 1 is 1.39 bits per heavy atom. The maximum absolute atomic E-state index is 4.69. The molecule has 0 fully saturated rings. The number of nitrogens with one attached hydrogen (secondary N) is 2. The van der Waals surface area contributed by atoms with Crippen molar-refractivity contribution in [1.29, 1.82) is 0 Å². The number of pyridine rings is 1. The van der Waals surface area contributed by atoms with Gasteiger partial charge in [0.2, 0.25) is 0 Å². The monoisotopic (exact) mass is 241 g/mol. The van der Waals surface area contributed by atoms with E-state index in [2.05, 4.69) is 25.2 Å². The molecule has 0 radical (unpaired) electrons. The third-order valence-corrected chi connectivity index (χ3v) is 3.17. The van der Waals surface area contributed by atoms with Gasteiger partial charge in [0.25, 0.3) is 0 Å². The topological polar surface area (TPSA) is 56.3 Å². The van der Waals surface area contributed by atoms with Crippen LogP contribution in [0.1, 0.15) is 17.4 Å². The van der Waals surface area contributed by atoms with Crippen LogP contribution in [0.4, 0.5) is 5.69 Å². The maximum Gasteiger partial charge on any atom is 0.139 e. The number of nitrogens with zero attached hydrogens (tertiary/aromatic N) is 3. The molecule has 0 saturated carbocycles. The molecule has 2 aromatic heterocycles. The number of rotatable bonds is 2. The van der Waals surface area contributed by atoms with E-state index >= 15 is 0 Å². The SMILES string of the molecule is CNC1c2[nH]ccc2N=C(c2cccnc2)N1C. The third kappa shape index (κ3) is 1.60. The fourth-order valence-electron chi connectivity index (χ4n) is 2.30. The standard InChI is InChI=1S/C13H15N5/c1-14-13-11-10(5-7-16-11)17-12(18(13)2)9-4-3-6-15-8-9/h3-8,13-14,16H,1-2H3. The Balaban J connectivity index is 2.11. The Hall–Kier alpha value is -2.14. The Labute approximate surface area is 106 Å². The number of hydrogen-bond acceptors (Lipinski definition) is 4. The Bertz CT molecular complexity index is 572. The molecule has 0 saturated heterocycles. The fourth-order valence-corrected chi connectivity index (χ4v) is 2.30. The number of fused-ring (bicyclic) bond motifs is 1. The van der Waals surface area contributed by atoms with Crippen molar-refractivity contribution in [1.82, 2.24) is 20.2 Å². The number of aromatic amines is 1. The van der Waals surface area contributed by atoms with E-state index in [0.29, 0.717) is 0 Å². The highest BCUT2D eigenvalue weighted by atomic mass is 15.3. The first-order chi connectivity index (χ1) is 8.81. The average Bonchev–Trinajstić information content (AvgIpc) is 2.87. The van der Waals surface area contributed by atoms with Crippen molar-refractivity contribution < 1.29 is 0 Å². The molecule has 0 aromatic carbocycles. The van der Waals surface area contributed by atoms with Gasteiger partial charge in [-0.15, -0.1) is 0 Å². The number of aromatic nitrogens is 2. The van der Waals surface area contributed by atoms with Crippen LogP contribution in [0.3, 0.4) is 0 Å². The molecule has 2 N–H and O–H groups in total. The van der Waals surface area contributed by atoms with Crippen LogP contribution in [0.2, 0.25) is 0 Å². The van der Waals surface area contributed by atoms with Crippen LogP contribution in [-0.4, -0.2) is 34.8 Å². The Kier molecular flexibility index (Phi) is 2.60. The van der Waals surface area contributed by atoms with Crippen molar-refractivity contribution in [3.05, 3.63) is 48.0 Å². The second-order valence-corrected chi connectivity index (χ2v) is 4.26. The minimum Gasteiger partial charge on any atom is -0.360 e. The lowest BCUT2D eigenvalue weighted by atomic mass is 10.1. The second-order valence-electron chi connectivity index (χ2n) is 4.26. The molecule has 0 aliphatic carbocycles. The maximum atomic E-state index is 4.69. The molecule has 1 unspecified atom stereocenters. The van der Waals surface area contributed by atoms with E-state index in [4.69, 9.17) is 0 Å². The lowest BCUT2D eigenvalue weighted by Gasteiger charge is -2.33. The van der Waals surface area contributed by atoms with Crippen molar-refractivity contribution in [2.75, 3.05) is 14.1 Å². The van der Waals surface area contributed by atoms with E-state index in [1.165, 1.54) is 0 Å². The molecule has 92 valence electrons. The van der Waals surface area contributed by atoms with Gasteiger partial charge in [0, 0.05) is 31.2 Å². The van der Waals surface area contributed by atoms with Gasteiger partial charge in [-0.1, -0.05) is 0 Å². The molecule has 1 aliphatic heterocycles. The minimum absolute atomic E-state index is 0.0997. The zero-order chi connectivity index (χ0) is 12.5. The van der Waals surface area contributed by atoms with E-state index in [1.807, 2.05) is 44.7 Å². The van der Waals surface area contributed by atoms with Gasteiger partial charge in [-0.05, 0) is 25.2 Å². The molecule has 5 nitrogen and oxygen atoms in total. The molecule has 3 rings (SSSR count). The highest BCUT2D eigenvalue weighted by Gasteiger charge is 2.27. The Morgan fingerprint density at radius 2 is 2.28 bits per heavy atom. The molecule has 1 atom stereocenters. The number of H-pyrrole nitrogens is 1. The zero-order valence-electron chi connectivity index (χ0n) is 10.4. The first kappa shape index (κ1) is 11.0. The quantitative estimate of drug-likeness (QED) is 0.840. The van der Waals surface area contributed by atoms with Crippen LogP contribution in [-0.2, 0) is 0 Å². The van der Waals surface area contributed by atoms with Crippen LogP contribution < -0.4 is 5.32 Å². The van der Waals surface area contributed by atoms with Crippen LogP contribution in [0.25, 0.3) is 0 Å². The summed E-state index contributed by atoms with van der Waals surface area (Å²) in [6, 6.07) is 5.93. The second kappa shape index (κ2) is 4.27. The van der Waals surface area contributed by atoms with Crippen LogP contribution >= 0.6 is 0 Å². The molecule has 0 bridgehead atoms. The van der Waals surface area contributed by atoms with Gasteiger partial charge in [0.05, 0.1) is 11.4 Å². The van der Waals surface area contributed by atoms with Gasteiger partial charge < -0.3 is 9.88 Å². The smallest absolute Gasteiger partial charge is 0.139 e. The molecule has 1 aliphatic rings. The summed E-state index contributed by atoms with van der Waals surface area (Å²) in [4.78, 5) is 14.2. The summed E-state index contributed by atoms with van der Waals surface area (Å²) in [6.07, 6.45) is 5.62. The lowest BCUT2D eigenvalue weighted by Crippen LogP contribution is -2.40. The zero-order valence-corrected chi connectivity index (χ0v) is 10.4. The fraction of sp³-hybridized carbons (Fsp3) is 0.231. The first-order valence-corrected chi connectivity index (χ1v) is 5.87. The molecular formula is C13H15N5. The van der Waals surface area contributed by atoms with Gasteiger partial charge in [0.1, 0.15) is 12.0 Å². The van der Waals surface area contributed by atoms with Gasteiger partial charge in [-0.2, -0.15) is 0 Å². The highest BCUT2D eigenvalue weighted by molar-refractivity contribution is 6.01. The normalized spacial score (nSPS) is 18.4. The molecule has 18 heavy (non-hydrogen) atoms. The molecule has 0 amide bonds.